The van der Waals surface area contributed by atoms with Crippen LogP contribution in [0, 0.1) is 0 Å². The lowest BCUT2D eigenvalue weighted by atomic mass is 10.2. The maximum absolute atomic E-state index is 4.06. The first-order chi connectivity index (χ1) is 5.95. The van der Waals surface area contributed by atoms with Gasteiger partial charge in [-0.05, 0) is 6.42 Å². The fraction of sp³-hybridized carbons (Fsp3) is 0.444. The first-order valence-electron chi connectivity index (χ1n) is 4.20. The lowest BCUT2D eigenvalue weighted by Gasteiger charge is -2.21. The van der Waals surface area contributed by atoms with Gasteiger partial charge in [-0.3, -0.25) is 9.88 Å². The summed E-state index contributed by atoms with van der Waals surface area (Å²) in [4.78, 5) is 7.87. The maximum Gasteiger partial charge on any atom is 0.0794 e. The molecule has 0 fully saturated rings. The highest BCUT2D eigenvalue weighted by molar-refractivity contribution is 7.09. The van der Waals surface area contributed by atoms with E-state index in [-0.39, 0.29) is 0 Å². The third kappa shape index (κ3) is 1.93. The summed E-state index contributed by atoms with van der Waals surface area (Å²) in [6, 6.07) is 0. The monoisotopic (exact) mass is 180 g/mol. The summed E-state index contributed by atoms with van der Waals surface area (Å²) in [5, 5.41) is 0. The molecule has 0 aliphatic carbocycles. The summed E-state index contributed by atoms with van der Waals surface area (Å²) in [5.74, 6) is 0. The number of hydrogen-bond acceptors (Lipinski definition) is 3. The zero-order valence-electron chi connectivity index (χ0n) is 6.94. The molecule has 1 aliphatic rings. The number of rotatable bonds is 2. The van der Waals surface area contributed by atoms with Crippen molar-refractivity contribution in [2.45, 2.75) is 13.0 Å². The van der Waals surface area contributed by atoms with E-state index in [1.165, 1.54) is 17.8 Å². The zero-order valence-corrected chi connectivity index (χ0v) is 7.76. The molecule has 1 aliphatic heterocycles. The van der Waals surface area contributed by atoms with Gasteiger partial charge >= 0.3 is 0 Å². The Bertz CT molecular complexity index is 254. The van der Waals surface area contributed by atoms with Crippen LogP contribution in [-0.4, -0.2) is 23.0 Å². The van der Waals surface area contributed by atoms with Crippen molar-refractivity contribution < 1.29 is 0 Å². The molecule has 0 amide bonds. The van der Waals surface area contributed by atoms with E-state index >= 15 is 0 Å². The molecule has 12 heavy (non-hydrogen) atoms. The van der Waals surface area contributed by atoms with Gasteiger partial charge in [-0.25, -0.2) is 0 Å². The minimum atomic E-state index is 1.06. The van der Waals surface area contributed by atoms with Crippen molar-refractivity contribution in [2.24, 2.45) is 0 Å². The van der Waals surface area contributed by atoms with E-state index in [0.717, 1.165) is 13.1 Å². The van der Waals surface area contributed by atoms with Crippen molar-refractivity contribution in [2.75, 3.05) is 13.1 Å². The number of hydrogen-bond donors (Lipinski definition) is 0. The molecule has 0 saturated heterocycles. The standard InChI is InChI=1S/C9H12N2S/c1-2-4-11(5-3-1)7-9-6-10-8-12-9/h1-2,6,8H,3-5,7H2. The zero-order chi connectivity index (χ0) is 8.23. The lowest BCUT2D eigenvalue weighted by Crippen LogP contribution is -2.26. The first-order valence-corrected chi connectivity index (χ1v) is 5.08. The molecule has 3 heteroatoms. The Morgan fingerprint density at radius 2 is 2.50 bits per heavy atom. The second kappa shape index (κ2) is 3.83. The predicted molar refractivity (Wildman–Crippen MR) is 51.1 cm³/mol. The molecule has 0 bridgehead atoms. The molecule has 2 heterocycles. The third-order valence-corrected chi connectivity index (χ3v) is 2.77. The fourth-order valence-electron chi connectivity index (χ4n) is 1.37. The van der Waals surface area contributed by atoms with Gasteiger partial charge in [0.25, 0.3) is 0 Å². The largest absolute Gasteiger partial charge is 0.294 e. The molecule has 1 aromatic heterocycles. The van der Waals surface area contributed by atoms with Crippen LogP contribution in [0.3, 0.4) is 0 Å². The molecule has 0 spiro atoms. The van der Waals surface area contributed by atoms with E-state index in [1.807, 2.05) is 11.7 Å². The van der Waals surface area contributed by atoms with E-state index in [2.05, 4.69) is 22.0 Å². The first kappa shape index (κ1) is 7.95. The fourth-order valence-corrected chi connectivity index (χ4v) is 2.01. The van der Waals surface area contributed by atoms with Crippen LogP contribution in [-0.2, 0) is 6.54 Å². The number of aromatic nitrogens is 1. The van der Waals surface area contributed by atoms with E-state index in [0.29, 0.717) is 0 Å². The van der Waals surface area contributed by atoms with Crippen molar-refractivity contribution in [1.29, 1.82) is 0 Å². The van der Waals surface area contributed by atoms with Crippen LogP contribution in [0.5, 0.6) is 0 Å². The highest BCUT2D eigenvalue weighted by Crippen LogP contribution is 2.11. The summed E-state index contributed by atoms with van der Waals surface area (Å²) in [6.45, 7) is 3.35. The van der Waals surface area contributed by atoms with Crippen LogP contribution in [0.15, 0.2) is 23.9 Å². The van der Waals surface area contributed by atoms with Crippen molar-refractivity contribution in [1.82, 2.24) is 9.88 Å². The van der Waals surface area contributed by atoms with Crippen LogP contribution in [0.2, 0.25) is 0 Å². The maximum atomic E-state index is 4.06. The quantitative estimate of drug-likeness (QED) is 0.646. The molecule has 2 nitrogen and oxygen atoms in total. The average Bonchev–Trinajstić information content (AvgIpc) is 2.59. The molecule has 0 N–H and O–H groups in total. The Morgan fingerprint density at radius 3 is 3.17 bits per heavy atom. The minimum Gasteiger partial charge on any atom is -0.294 e. The van der Waals surface area contributed by atoms with Gasteiger partial charge in [0.15, 0.2) is 0 Å². The van der Waals surface area contributed by atoms with Gasteiger partial charge in [0, 0.05) is 30.7 Å². The van der Waals surface area contributed by atoms with Gasteiger partial charge in [-0.2, -0.15) is 0 Å². The lowest BCUT2D eigenvalue weighted by molar-refractivity contribution is 0.293. The van der Waals surface area contributed by atoms with Gasteiger partial charge in [-0.15, -0.1) is 11.3 Å². The van der Waals surface area contributed by atoms with E-state index < -0.39 is 0 Å². The van der Waals surface area contributed by atoms with Crippen LogP contribution in [0.1, 0.15) is 11.3 Å². The molecule has 0 radical (unpaired) electrons. The van der Waals surface area contributed by atoms with E-state index in [9.17, 15) is 0 Å². The molecule has 64 valence electrons. The van der Waals surface area contributed by atoms with Gasteiger partial charge in [0.05, 0.1) is 5.51 Å². The van der Waals surface area contributed by atoms with E-state index in [1.54, 1.807) is 11.3 Å². The summed E-state index contributed by atoms with van der Waals surface area (Å²) in [6.07, 6.45) is 7.65. The molecular weight excluding hydrogens is 168 g/mol. The molecule has 0 saturated carbocycles. The molecule has 0 unspecified atom stereocenters. The summed E-state index contributed by atoms with van der Waals surface area (Å²) < 4.78 is 0. The molecular formula is C9H12N2S. The Labute approximate surface area is 76.5 Å². The highest BCUT2D eigenvalue weighted by Gasteiger charge is 2.06. The third-order valence-electron chi connectivity index (χ3n) is 2.01. The Balaban J connectivity index is 1.91. The van der Waals surface area contributed by atoms with Gasteiger partial charge in [-0.1, -0.05) is 12.2 Å². The number of nitrogens with zero attached hydrogens (tertiary/aromatic N) is 2. The second-order valence-electron chi connectivity index (χ2n) is 2.96. The summed E-state index contributed by atoms with van der Waals surface area (Å²) in [5.41, 5.74) is 1.90. The highest BCUT2D eigenvalue weighted by atomic mass is 32.1. The van der Waals surface area contributed by atoms with Crippen molar-refractivity contribution >= 4 is 11.3 Å². The Kier molecular flexibility index (Phi) is 2.54. The van der Waals surface area contributed by atoms with Crippen molar-refractivity contribution in [3.8, 4) is 0 Å². The van der Waals surface area contributed by atoms with Crippen molar-refractivity contribution in [3.05, 3.63) is 28.7 Å². The second-order valence-corrected chi connectivity index (χ2v) is 3.93. The minimum absolute atomic E-state index is 1.06. The molecule has 0 aromatic carbocycles. The smallest absolute Gasteiger partial charge is 0.0794 e. The van der Waals surface area contributed by atoms with Crippen LogP contribution in [0.25, 0.3) is 0 Å². The topological polar surface area (TPSA) is 16.1 Å². The summed E-state index contributed by atoms with van der Waals surface area (Å²) in [7, 11) is 0. The average molecular weight is 180 g/mol. The van der Waals surface area contributed by atoms with Crippen molar-refractivity contribution in [3.63, 3.8) is 0 Å². The normalized spacial score (nSPS) is 18.3. The Morgan fingerprint density at radius 1 is 1.50 bits per heavy atom. The Hall–Kier alpha value is -0.670. The van der Waals surface area contributed by atoms with Gasteiger partial charge in [0.1, 0.15) is 0 Å². The van der Waals surface area contributed by atoms with Crippen LogP contribution in [0.4, 0.5) is 0 Å². The number of thiazole rings is 1. The SMILES string of the molecule is C1=CCN(Cc2cncs2)CC1. The van der Waals surface area contributed by atoms with Gasteiger partial charge in [0.2, 0.25) is 0 Å². The van der Waals surface area contributed by atoms with E-state index in [4.69, 9.17) is 0 Å². The van der Waals surface area contributed by atoms with Gasteiger partial charge < -0.3 is 0 Å². The molecule has 1 aromatic rings. The molecule has 0 atom stereocenters. The predicted octanol–water partition coefficient (Wildman–Crippen LogP) is 1.91. The van der Waals surface area contributed by atoms with Crippen LogP contribution < -0.4 is 0 Å². The molecule has 2 rings (SSSR count). The van der Waals surface area contributed by atoms with Crippen LogP contribution >= 0.6 is 11.3 Å². The summed E-state index contributed by atoms with van der Waals surface area (Å²) >= 11 is 1.74.